The number of benzene rings is 1. The lowest BCUT2D eigenvalue weighted by Crippen LogP contribution is -2.64. The monoisotopic (exact) mass is 419 g/mol. The number of allylic oxidation sites excluding steroid dienone is 2. The van der Waals surface area contributed by atoms with Gasteiger partial charge in [-0.15, -0.1) is 0 Å². The highest BCUT2D eigenvalue weighted by atomic mass is 35.5. The Morgan fingerprint density at radius 2 is 1.79 bits per heavy atom. The first-order valence-electron chi connectivity index (χ1n) is 8.58. The van der Waals surface area contributed by atoms with Gasteiger partial charge in [-0.2, -0.15) is 4.68 Å². The number of nitrogens with zero attached hydrogens (tertiary/aromatic N) is 5. The van der Waals surface area contributed by atoms with Gasteiger partial charge in [0.2, 0.25) is 5.66 Å². The fourth-order valence-corrected chi connectivity index (χ4v) is 4.64. The van der Waals surface area contributed by atoms with Crippen molar-refractivity contribution in [1.29, 1.82) is 0 Å². The second-order valence-electron chi connectivity index (χ2n) is 6.89. The second-order valence-corrected chi connectivity index (χ2v) is 7.71. The minimum Gasteiger partial charge on any atom is -0.381 e. The summed E-state index contributed by atoms with van der Waals surface area (Å²) in [5.41, 5.74) is -1.50. The maximum Gasteiger partial charge on any atom is 0.349 e. The van der Waals surface area contributed by atoms with Crippen molar-refractivity contribution in [2.24, 2.45) is 12.2 Å². The van der Waals surface area contributed by atoms with Crippen molar-refractivity contribution in [3.63, 3.8) is 0 Å². The molecule has 6 rings (SSSR count). The van der Waals surface area contributed by atoms with Crippen molar-refractivity contribution in [1.82, 2.24) is 18.8 Å². The molecule has 144 valence electrons. The predicted molar refractivity (Wildman–Crippen MR) is 105 cm³/mol. The van der Waals surface area contributed by atoms with Crippen molar-refractivity contribution in [2.75, 3.05) is 7.05 Å². The molecule has 3 atom stereocenters. The highest BCUT2D eigenvalue weighted by Gasteiger charge is 2.54. The Labute approximate surface area is 169 Å². The van der Waals surface area contributed by atoms with Gasteiger partial charge in [-0.3, -0.25) is 0 Å². The third kappa shape index (κ3) is 1.94. The molecule has 1 aromatic carbocycles. The van der Waals surface area contributed by atoms with Crippen LogP contribution in [0.1, 0.15) is 11.6 Å². The van der Waals surface area contributed by atoms with Crippen LogP contribution in [-0.2, 0) is 17.5 Å². The van der Waals surface area contributed by atoms with Crippen LogP contribution in [0.5, 0.6) is 0 Å². The van der Waals surface area contributed by atoms with E-state index in [4.69, 9.17) is 28.0 Å². The van der Waals surface area contributed by atoms with Crippen molar-refractivity contribution in [2.45, 2.75) is 17.8 Å². The molecule has 2 bridgehead atoms. The number of halogens is 2. The predicted octanol–water partition coefficient (Wildman–Crippen LogP) is 1.68. The molecule has 8 nitrogen and oxygen atoms in total. The molecule has 28 heavy (non-hydrogen) atoms. The van der Waals surface area contributed by atoms with Gasteiger partial charge in [-0.25, -0.2) is 18.8 Å². The molecular weight excluding hydrogens is 405 g/mol. The number of hydrogen-bond acceptors (Lipinski definition) is 5. The summed E-state index contributed by atoms with van der Waals surface area (Å²) < 4.78 is 3.93. The summed E-state index contributed by atoms with van der Waals surface area (Å²) >= 11 is 12.8. The van der Waals surface area contributed by atoms with Gasteiger partial charge in [-0.1, -0.05) is 46.6 Å². The Morgan fingerprint density at radius 1 is 1.07 bits per heavy atom. The Balaban J connectivity index is 1.82. The lowest BCUT2D eigenvalue weighted by Gasteiger charge is -2.47. The van der Waals surface area contributed by atoms with E-state index in [1.165, 1.54) is 16.4 Å². The second kappa shape index (κ2) is 5.65. The zero-order chi connectivity index (χ0) is 19.8. The van der Waals surface area contributed by atoms with Gasteiger partial charge in [0.25, 0.3) is 0 Å². The summed E-state index contributed by atoms with van der Waals surface area (Å²) in [6.07, 6.45) is 6.74. The smallest absolute Gasteiger partial charge is 0.349 e. The molecule has 10 heteroatoms. The fourth-order valence-electron chi connectivity index (χ4n) is 4.07. The summed E-state index contributed by atoms with van der Waals surface area (Å²) in [6.45, 7) is 0. The normalized spacial score (nSPS) is 27.1. The lowest BCUT2D eigenvalue weighted by molar-refractivity contribution is -0.0686. The van der Waals surface area contributed by atoms with E-state index in [1.54, 1.807) is 30.1 Å². The average molecular weight is 420 g/mol. The maximum absolute atomic E-state index is 13.0. The minimum absolute atomic E-state index is 0.361. The lowest BCUT2D eigenvalue weighted by atomic mass is 9.98. The van der Waals surface area contributed by atoms with E-state index in [2.05, 4.69) is 5.16 Å². The van der Waals surface area contributed by atoms with E-state index in [9.17, 15) is 9.59 Å². The molecule has 0 unspecified atom stereocenters. The minimum atomic E-state index is -1.14. The van der Waals surface area contributed by atoms with Crippen molar-refractivity contribution < 1.29 is 4.84 Å². The molecule has 0 amide bonds. The molecule has 0 fully saturated rings. The molecule has 2 aromatic rings. The standard InChI is InChI=1S/C18H15Cl2N5O3/c1-22-16(26)24-10-6-7-13-18(9-8-10,25(24)17(22)27)23(2)15(21-28-13)14-11(19)4-3-5-12(14)20/h3-10,13H,1-2H3/t10-,13-,18-/m1/s1. The molecule has 1 aliphatic carbocycles. The van der Waals surface area contributed by atoms with Crippen LogP contribution in [0.2, 0.25) is 10.0 Å². The van der Waals surface area contributed by atoms with Crippen LogP contribution in [0.4, 0.5) is 0 Å². The third-order valence-electron chi connectivity index (χ3n) is 5.52. The van der Waals surface area contributed by atoms with Gasteiger partial charge < -0.3 is 9.74 Å². The number of amidine groups is 1. The number of oxime groups is 1. The van der Waals surface area contributed by atoms with Gasteiger partial charge >= 0.3 is 11.4 Å². The highest BCUT2D eigenvalue weighted by molar-refractivity contribution is 6.40. The van der Waals surface area contributed by atoms with Gasteiger partial charge in [0.05, 0.1) is 21.7 Å². The van der Waals surface area contributed by atoms with E-state index < -0.39 is 23.1 Å². The van der Waals surface area contributed by atoms with E-state index >= 15 is 0 Å². The van der Waals surface area contributed by atoms with E-state index in [0.29, 0.717) is 21.4 Å². The molecule has 0 saturated heterocycles. The summed E-state index contributed by atoms with van der Waals surface area (Å²) in [5, 5.41) is 5.05. The third-order valence-corrected chi connectivity index (χ3v) is 6.15. The zero-order valence-corrected chi connectivity index (χ0v) is 16.4. The Morgan fingerprint density at radius 3 is 2.50 bits per heavy atom. The molecule has 4 heterocycles. The largest absolute Gasteiger partial charge is 0.381 e. The van der Waals surface area contributed by atoms with Crippen LogP contribution in [0, 0.1) is 0 Å². The molecule has 4 aliphatic rings. The van der Waals surface area contributed by atoms with Crippen LogP contribution in [-0.4, -0.2) is 37.8 Å². The van der Waals surface area contributed by atoms with E-state index in [-0.39, 0.29) is 6.04 Å². The highest BCUT2D eigenvalue weighted by Crippen LogP contribution is 2.41. The molecule has 0 saturated carbocycles. The van der Waals surface area contributed by atoms with Crippen molar-refractivity contribution in [3.8, 4) is 0 Å². The quantitative estimate of drug-likeness (QED) is 0.659. The zero-order valence-electron chi connectivity index (χ0n) is 14.9. The van der Waals surface area contributed by atoms with Gasteiger partial charge in [0.1, 0.15) is 0 Å². The molecule has 1 aromatic heterocycles. The number of hydrogen-bond donors (Lipinski definition) is 0. The number of aromatic nitrogens is 3. The SMILES string of the molecule is CN1C(c2c(Cl)cccc2Cl)=NO[C@@H]2C=C[C@@H]3C=C[C@@]21n1c(=O)n(C)c(=O)n13. The number of rotatable bonds is 1. The van der Waals surface area contributed by atoms with Crippen LogP contribution in [0.15, 0.2) is 57.2 Å². The topological polar surface area (TPSA) is 73.8 Å². The Kier molecular flexibility index (Phi) is 3.51. The van der Waals surface area contributed by atoms with Gasteiger partial charge in [-0.05, 0) is 24.3 Å². The number of likely N-dealkylation sites (N-methyl/N-ethyl adjacent to an activating group) is 1. The van der Waals surface area contributed by atoms with Gasteiger partial charge in [0, 0.05) is 14.1 Å². The summed E-state index contributed by atoms with van der Waals surface area (Å²) in [6, 6.07) is 4.75. The van der Waals surface area contributed by atoms with E-state index in [1.807, 2.05) is 24.3 Å². The maximum atomic E-state index is 13.0. The van der Waals surface area contributed by atoms with Crippen LogP contribution in [0.3, 0.4) is 0 Å². The Bertz CT molecular complexity index is 1200. The van der Waals surface area contributed by atoms with Crippen LogP contribution >= 0.6 is 23.2 Å². The summed E-state index contributed by atoms with van der Waals surface area (Å²) in [7, 11) is 3.23. The Hall–Kier alpha value is -2.71. The molecule has 0 N–H and O–H groups in total. The fraction of sp³-hybridized carbons (Fsp3) is 0.278. The van der Waals surface area contributed by atoms with Crippen molar-refractivity contribution in [3.05, 3.63) is 79.1 Å². The van der Waals surface area contributed by atoms with Crippen molar-refractivity contribution >= 4 is 29.0 Å². The summed E-state index contributed by atoms with van der Waals surface area (Å²) in [4.78, 5) is 33.3. The molecular formula is C18H15Cl2N5O3. The first-order chi connectivity index (χ1) is 13.4. The van der Waals surface area contributed by atoms with Crippen LogP contribution in [0.25, 0.3) is 0 Å². The van der Waals surface area contributed by atoms with E-state index in [0.717, 1.165) is 4.57 Å². The molecule has 0 radical (unpaired) electrons. The van der Waals surface area contributed by atoms with Gasteiger partial charge in [0.15, 0.2) is 11.9 Å². The molecule has 1 spiro atoms. The first kappa shape index (κ1) is 17.4. The summed E-state index contributed by atoms with van der Waals surface area (Å²) in [5.74, 6) is 0.361. The van der Waals surface area contributed by atoms with Crippen LogP contribution < -0.4 is 11.4 Å². The first-order valence-corrected chi connectivity index (χ1v) is 9.34. The molecule has 3 aliphatic heterocycles. The average Bonchev–Trinajstić information content (AvgIpc) is 2.85.